The molecule has 0 bridgehead atoms. The Morgan fingerprint density at radius 2 is 2.56 bits per heavy atom. The zero-order chi connectivity index (χ0) is 6.69. The maximum Gasteiger partial charge on any atom is 0.0656 e. The summed E-state index contributed by atoms with van der Waals surface area (Å²) >= 11 is 0. The van der Waals surface area contributed by atoms with Crippen LogP contribution >= 0.6 is 0 Å². The molecule has 2 heteroatoms. The summed E-state index contributed by atoms with van der Waals surface area (Å²) in [6.45, 7) is 3.59. The predicted octanol–water partition coefficient (Wildman–Crippen LogP) is 1.18. The highest BCUT2D eigenvalue weighted by atomic mass is 16.5. The molecular formula is C7H11NO. The fourth-order valence-electron chi connectivity index (χ4n) is 1.05. The molecule has 1 rings (SSSR count). The van der Waals surface area contributed by atoms with Crippen molar-refractivity contribution in [1.29, 1.82) is 5.26 Å². The van der Waals surface area contributed by atoms with Crippen molar-refractivity contribution in [2.45, 2.75) is 13.3 Å². The average molecular weight is 125 g/mol. The van der Waals surface area contributed by atoms with Crippen molar-refractivity contribution in [1.82, 2.24) is 0 Å². The number of ether oxygens (including phenoxy) is 1. The van der Waals surface area contributed by atoms with E-state index in [0.717, 1.165) is 19.6 Å². The van der Waals surface area contributed by atoms with Gasteiger partial charge in [-0.1, -0.05) is 0 Å². The second-order valence-electron chi connectivity index (χ2n) is 2.54. The molecule has 1 aliphatic rings. The van der Waals surface area contributed by atoms with Gasteiger partial charge in [0.05, 0.1) is 12.7 Å². The maximum absolute atomic E-state index is 8.49. The van der Waals surface area contributed by atoms with Crippen LogP contribution in [0.1, 0.15) is 13.3 Å². The fraction of sp³-hybridized carbons (Fsp3) is 0.857. The normalized spacial score (nSPS) is 29.6. The van der Waals surface area contributed by atoms with Crippen molar-refractivity contribution in [3.05, 3.63) is 0 Å². The lowest BCUT2D eigenvalue weighted by molar-refractivity contribution is 0.180. The molecule has 0 aromatic heterocycles. The first-order valence-corrected chi connectivity index (χ1v) is 3.32. The van der Waals surface area contributed by atoms with Gasteiger partial charge >= 0.3 is 0 Å². The first-order valence-electron chi connectivity index (χ1n) is 3.32. The van der Waals surface area contributed by atoms with Gasteiger partial charge in [0.15, 0.2) is 0 Å². The van der Waals surface area contributed by atoms with Crippen molar-refractivity contribution >= 4 is 0 Å². The predicted molar refractivity (Wildman–Crippen MR) is 33.7 cm³/mol. The second-order valence-corrected chi connectivity index (χ2v) is 2.54. The Kier molecular flexibility index (Phi) is 2.07. The lowest BCUT2D eigenvalue weighted by Gasteiger charge is -2.06. The van der Waals surface area contributed by atoms with Crippen LogP contribution in [0.15, 0.2) is 0 Å². The van der Waals surface area contributed by atoms with Gasteiger partial charge in [-0.2, -0.15) is 5.26 Å². The van der Waals surface area contributed by atoms with Gasteiger partial charge in [-0.15, -0.1) is 0 Å². The zero-order valence-electron chi connectivity index (χ0n) is 5.63. The van der Waals surface area contributed by atoms with Crippen molar-refractivity contribution in [3.8, 4) is 6.07 Å². The van der Waals surface area contributed by atoms with Crippen LogP contribution in [-0.2, 0) is 4.74 Å². The minimum Gasteiger partial charge on any atom is -0.381 e. The number of nitriles is 1. The fourth-order valence-corrected chi connectivity index (χ4v) is 1.05. The number of nitrogens with zero attached hydrogens (tertiary/aromatic N) is 1. The molecule has 1 fully saturated rings. The van der Waals surface area contributed by atoms with Gasteiger partial charge in [0, 0.05) is 12.5 Å². The molecule has 2 nitrogen and oxygen atoms in total. The summed E-state index contributed by atoms with van der Waals surface area (Å²) in [6.07, 6.45) is 1.06. The molecule has 2 unspecified atom stereocenters. The van der Waals surface area contributed by atoms with E-state index in [2.05, 4.69) is 6.07 Å². The lowest BCUT2D eigenvalue weighted by atomic mass is 9.95. The molecule has 0 radical (unpaired) electrons. The summed E-state index contributed by atoms with van der Waals surface area (Å²) in [7, 11) is 0. The lowest BCUT2D eigenvalue weighted by Crippen LogP contribution is -2.08. The Balaban J connectivity index is 2.34. The average Bonchev–Trinajstić information content (AvgIpc) is 2.37. The van der Waals surface area contributed by atoms with E-state index >= 15 is 0 Å². The van der Waals surface area contributed by atoms with Crippen LogP contribution in [0.5, 0.6) is 0 Å². The Labute approximate surface area is 55.4 Å². The molecule has 0 N–H and O–H groups in total. The molecule has 0 amide bonds. The van der Waals surface area contributed by atoms with Crippen LogP contribution < -0.4 is 0 Å². The van der Waals surface area contributed by atoms with Gasteiger partial charge in [0.1, 0.15) is 0 Å². The third-order valence-electron chi connectivity index (χ3n) is 1.88. The Bertz CT molecular complexity index is 121. The van der Waals surface area contributed by atoms with Crippen LogP contribution in [-0.4, -0.2) is 13.2 Å². The highest BCUT2D eigenvalue weighted by Crippen LogP contribution is 2.20. The van der Waals surface area contributed by atoms with E-state index in [1.54, 1.807) is 0 Å². The summed E-state index contributed by atoms with van der Waals surface area (Å²) < 4.78 is 5.13. The smallest absolute Gasteiger partial charge is 0.0656 e. The monoisotopic (exact) mass is 125 g/mol. The Morgan fingerprint density at radius 1 is 1.78 bits per heavy atom. The van der Waals surface area contributed by atoms with E-state index in [9.17, 15) is 0 Å². The largest absolute Gasteiger partial charge is 0.381 e. The minimum atomic E-state index is 0.174. The van der Waals surface area contributed by atoms with Gasteiger partial charge in [0.2, 0.25) is 0 Å². The molecule has 0 aromatic carbocycles. The van der Waals surface area contributed by atoms with Crippen molar-refractivity contribution in [3.63, 3.8) is 0 Å². The second kappa shape index (κ2) is 2.84. The quantitative estimate of drug-likeness (QED) is 0.527. The van der Waals surface area contributed by atoms with Crippen molar-refractivity contribution in [2.24, 2.45) is 11.8 Å². The SMILES string of the molecule is CC(C#N)C1CCOC1. The Morgan fingerprint density at radius 3 is 3.00 bits per heavy atom. The molecule has 2 atom stereocenters. The molecule has 0 saturated carbocycles. The van der Waals surface area contributed by atoms with Crippen LogP contribution in [0.25, 0.3) is 0 Å². The molecule has 50 valence electrons. The number of hydrogen-bond donors (Lipinski definition) is 0. The van der Waals surface area contributed by atoms with Gasteiger partial charge in [-0.3, -0.25) is 0 Å². The van der Waals surface area contributed by atoms with Gasteiger partial charge in [0.25, 0.3) is 0 Å². The van der Waals surface area contributed by atoms with Crippen molar-refractivity contribution in [2.75, 3.05) is 13.2 Å². The summed E-state index contributed by atoms with van der Waals surface area (Å²) in [6, 6.07) is 2.23. The molecule has 1 aliphatic heterocycles. The third-order valence-corrected chi connectivity index (χ3v) is 1.88. The summed E-state index contributed by atoms with van der Waals surface area (Å²) in [5, 5.41) is 8.49. The van der Waals surface area contributed by atoms with E-state index in [1.165, 1.54) is 0 Å². The van der Waals surface area contributed by atoms with Crippen LogP contribution in [0.2, 0.25) is 0 Å². The third kappa shape index (κ3) is 1.43. The summed E-state index contributed by atoms with van der Waals surface area (Å²) in [5.41, 5.74) is 0. The molecule has 0 spiro atoms. The van der Waals surface area contributed by atoms with Crippen LogP contribution in [0.4, 0.5) is 0 Å². The molecule has 0 aliphatic carbocycles. The van der Waals surface area contributed by atoms with Gasteiger partial charge in [-0.25, -0.2) is 0 Å². The van der Waals surface area contributed by atoms with Gasteiger partial charge < -0.3 is 4.74 Å². The zero-order valence-corrected chi connectivity index (χ0v) is 5.63. The molecule has 9 heavy (non-hydrogen) atoms. The molecule has 0 aromatic rings. The highest BCUT2D eigenvalue weighted by Gasteiger charge is 2.21. The summed E-state index contributed by atoms with van der Waals surface area (Å²) in [5.74, 6) is 0.669. The minimum absolute atomic E-state index is 0.174. The van der Waals surface area contributed by atoms with E-state index in [-0.39, 0.29) is 5.92 Å². The molecule has 1 saturated heterocycles. The first kappa shape index (κ1) is 6.57. The van der Waals surface area contributed by atoms with E-state index in [4.69, 9.17) is 10.00 Å². The maximum atomic E-state index is 8.49. The standard InChI is InChI=1S/C7H11NO/c1-6(4-8)7-2-3-9-5-7/h6-7H,2-3,5H2,1H3. The van der Waals surface area contributed by atoms with E-state index in [0.29, 0.717) is 5.92 Å². The first-order chi connectivity index (χ1) is 4.34. The molecule has 1 heterocycles. The van der Waals surface area contributed by atoms with Crippen LogP contribution in [0.3, 0.4) is 0 Å². The Hall–Kier alpha value is -0.550. The summed E-state index contributed by atoms with van der Waals surface area (Å²) in [4.78, 5) is 0. The van der Waals surface area contributed by atoms with E-state index < -0.39 is 0 Å². The van der Waals surface area contributed by atoms with Gasteiger partial charge in [-0.05, 0) is 19.3 Å². The number of rotatable bonds is 1. The van der Waals surface area contributed by atoms with Crippen molar-refractivity contribution < 1.29 is 4.74 Å². The molecular weight excluding hydrogens is 114 g/mol. The highest BCUT2D eigenvalue weighted by molar-refractivity contribution is 4.86. The number of hydrogen-bond acceptors (Lipinski definition) is 2. The van der Waals surface area contributed by atoms with E-state index in [1.807, 2.05) is 6.92 Å². The topological polar surface area (TPSA) is 33.0 Å². The van der Waals surface area contributed by atoms with Crippen LogP contribution in [0, 0.1) is 23.2 Å².